The summed E-state index contributed by atoms with van der Waals surface area (Å²) in [6, 6.07) is 16.9. The van der Waals surface area contributed by atoms with E-state index >= 15 is 0 Å². The van der Waals surface area contributed by atoms with E-state index in [1.54, 1.807) is 18.2 Å². The Morgan fingerprint density at radius 3 is 2.57 bits per heavy atom. The lowest BCUT2D eigenvalue weighted by Gasteiger charge is -2.42. The van der Waals surface area contributed by atoms with Crippen LogP contribution in [0.2, 0.25) is 0 Å². The van der Waals surface area contributed by atoms with Crippen LogP contribution in [-0.2, 0) is 20.1 Å². The first-order chi connectivity index (χ1) is 14.6. The molecule has 1 fully saturated rings. The summed E-state index contributed by atoms with van der Waals surface area (Å²) in [7, 11) is 0. The molecule has 4 rings (SSSR count). The van der Waals surface area contributed by atoms with Gasteiger partial charge in [0, 0.05) is 25.6 Å². The normalized spacial score (nSPS) is 25.4. The second-order valence-electron chi connectivity index (χ2n) is 7.82. The van der Waals surface area contributed by atoms with Gasteiger partial charge in [0.2, 0.25) is 5.79 Å². The van der Waals surface area contributed by atoms with E-state index in [-0.39, 0.29) is 5.92 Å². The van der Waals surface area contributed by atoms with Crippen LogP contribution < -0.4 is 4.74 Å². The second-order valence-corrected chi connectivity index (χ2v) is 7.82. The van der Waals surface area contributed by atoms with Crippen LogP contribution in [0.5, 0.6) is 5.75 Å². The van der Waals surface area contributed by atoms with Gasteiger partial charge in [-0.3, -0.25) is 9.69 Å². The van der Waals surface area contributed by atoms with Crippen LogP contribution in [0.3, 0.4) is 0 Å². The van der Waals surface area contributed by atoms with E-state index in [1.807, 2.05) is 43.3 Å². The van der Waals surface area contributed by atoms with E-state index in [9.17, 15) is 9.90 Å². The van der Waals surface area contributed by atoms with Gasteiger partial charge in [-0.1, -0.05) is 49.4 Å². The van der Waals surface area contributed by atoms with Crippen LogP contribution in [0.15, 0.2) is 54.6 Å². The molecule has 1 saturated heterocycles. The fourth-order valence-corrected chi connectivity index (χ4v) is 4.47. The highest BCUT2D eigenvalue weighted by Crippen LogP contribution is 2.48. The standard InChI is InChI=1S/C24H29NO5/c1-2-19(18-8-4-3-5-9-18)22-23(26)30-21-11-7-6-10-20(21)24(22,27)29-17-14-25-12-15-28-16-13-25/h3-11,19,22,27H,2,12-17H2,1H3. The Kier molecular flexibility index (Phi) is 6.49. The maximum atomic E-state index is 13.1. The third-order valence-corrected chi connectivity index (χ3v) is 6.06. The van der Waals surface area contributed by atoms with E-state index in [0.717, 1.165) is 18.7 Å². The molecule has 2 aliphatic rings. The van der Waals surface area contributed by atoms with Crippen LogP contribution in [-0.4, -0.2) is 55.4 Å². The lowest BCUT2D eigenvalue weighted by molar-refractivity contribution is -0.259. The summed E-state index contributed by atoms with van der Waals surface area (Å²) in [4.78, 5) is 15.4. The lowest BCUT2D eigenvalue weighted by atomic mass is 9.75. The number of carbonyl (C=O) groups excluding carboxylic acids is 1. The molecule has 2 heterocycles. The molecule has 2 aromatic rings. The van der Waals surface area contributed by atoms with Gasteiger partial charge in [-0.15, -0.1) is 0 Å². The number of rotatable bonds is 7. The molecule has 30 heavy (non-hydrogen) atoms. The summed E-state index contributed by atoms with van der Waals surface area (Å²) in [6.45, 7) is 6.07. The molecule has 6 heteroatoms. The molecule has 2 aromatic carbocycles. The fourth-order valence-electron chi connectivity index (χ4n) is 4.47. The first-order valence-corrected chi connectivity index (χ1v) is 10.7. The molecule has 3 unspecified atom stereocenters. The first kappa shape index (κ1) is 21.0. The number of nitrogens with zero attached hydrogens (tertiary/aromatic N) is 1. The van der Waals surface area contributed by atoms with Crippen LogP contribution in [0, 0.1) is 5.92 Å². The predicted octanol–water partition coefficient (Wildman–Crippen LogP) is 2.91. The Balaban J connectivity index is 1.64. The van der Waals surface area contributed by atoms with Crippen molar-refractivity contribution >= 4 is 5.97 Å². The van der Waals surface area contributed by atoms with Gasteiger partial charge in [0.15, 0.2) is 0 Å². The molecule has 160 valence electrons. The minimum atomic E-state index is -1.76. The van der Waals surface area contributed by atoms with Crippen LogP contribution in [0.25, 0.3) is 0 Å². The van der Waals surface area contributed by atoms with E-state index in [0.29, 0.717) is 44.1 Å². The topological polar surface area (TPSA) is 68.2 Å². The number of benzene rings is 2. The Morgan fingerprint density at radius 2 is 1.83 bits per heavy atom. The first-order valence-electron chi connectivity index (χ1n) is 10.7. The number of carbonyl (C=O) groups is 1. The number of fused-ring (bicyclic) bond motifs is 1. The van der Waals surface area contributed by atoms with Crippen molar-refractivity contribution in [1.82, 2.24) is 4.90 Å². The van der Waals surface area contributed by atoms with E-state index in [4.69, 9.17) is 14.2 Å². The molecular formula is C24H29NO5. The van der Waals surface area contributed by atoms with Crippen LogP contribution >= 0.6 is 0 Å². The van der Waals surface area contributed by atoms with Crippen molar-refractivity contribution in [3.63, 3.8) is 0 Å². The lowest BCUT2D eigenvalue weighted by Crippen LogP contribution is -2.51. The number of ether oxygens (including phenoxy) is 3. The summed E-state index contributed by atoms with van der Waals surface area (Å²) < 4.78 is 17.2. The van der Waals surface area contributed by atoms with Crippen molar-refractivity contribution < 1.29 is 24.1 Å². The van der Waals surface area contributed by atoms with Crippen LogP contribution in [0.1, 0.15) is 30.4 Å². The molecule has 1 N–H and O–H groups in total. The van der Waals surface area contributed by atoms with Crippen LogP contribution in [0.4, 0.5) is 0 Å². The molecule has 0 amide bonds. The molecule has 6 nitrogen and oxygen atoms in total. The number of aliphatic hydroxyl groups is 1. The third kappa shape index (κ3) is 4.14. The van der Waals surface area contributed by atoms with Gasteiger partial charge in [-0.05, 0) is 24.1 Å². The Hall–Kier alpha value is -2.25. The zero-order valence-corrected chi connectivity index (χ0v) is 17.3. The highest BCUT2D eigenvalue weighted by molar-refractivity contribution is 5.80. The summed E-state index contributed by atoms with van der Waals surface area (Å²) in [5, 5.41) is 11.9. The average molecular weight is 411 g/mol. The highest BCUT2D eigenvalue weighted by Gasteiger charge is 2.54. The zero-order valence-electron chi connectivity index (χ0n) is 17.3. The molecule has 0 spiro atoms. The number of morpholine rings is 1. The monoisotopic (exact) mass is 411 g/mol. The highest BCUT2D eigenvalue weighted by atomic mass is 16.6. The predicted molar refractivity (Wildman–Crippen MR) is 112 cm³/mol. The number of hydrogen-bond acceptors (Lipinski definition) is 6. The molecule has 0 bridgehead atoms. The molecule has 2 aliphatic heterocycles. The van der Waals surface area contributed by atoms with Crippen molar-refractivity contribution in [3.05, 3.63) is 65.7 Å². The maximum absolute atomic E-state index is 13.1. The summed E-state index contributed by atoms with van der Waals surface area (Å²) >= 11 is 0. The van der Waals surface area contributed by atoms with Gasteiger partial charge in [-0.25, -0.2) is 0 Å². The van der Waals surface area contributed by atoms with Gasteiger partial charge in [0.05, 0.1) is 25.4 Å². The molecule has 3 atom stereocenters. The minimum Gasteiger partial charge on any atom is -0.426 e. The van der Waals surface area contributed by atoms with Gasteiger partial charge in [-0.2, -0.15) is 0 Å². The molecular weight excluding hydrogens is 382 g/mol. The quantitative estimate of drug-likeness (QED) is 0.429. The molecule has 0 saturated carbocycles. The Labute approximate surface area is 177 Å². The van der Waals surface area contributed by atoms with Gasteiger partial charge in [0.25, 0.3) is 0 Å². The minimum absolute atomic E-state index is 0.236. The van der Waals surface area contributed by atoms with Gasteiger partial charge < -0.3 is 19.3 Å². The van der Waals surface area contributed by atoms with E-state index in [2.05, 4.69) is 4.90 Å². The van der Waals surface area contributed by atoms with Crippen molar-refractivity contribution in [2.24, 2.45) is 5.92 Å². The number of para-hydroxylation sites is 1. The third-order valence-electron chi connectivity index (χ3n) is 6.06. The van der Waals surface area contributed by atoms with Crippen molar-refractivity contribution in [3.8, 4) is 5.75 Å². The SMILES string of the molecule is CCC(c1ccccc1)C1C(=O)Oc2ccccc2C1(O)OCCN1CCOCC1. The van der Waals surface area contributed by atoms with Crippen molar-refractivity contribution in [2.45, 2.75) is 25.0 Å². The van der Waals surface area contributed by atoms with Gasteiger partial charge >= 0.3 is 5.97 Å². The van der Waals surface area contributed by atoms with Crippen molar-refractivity contribution in [1.29, 1.82) is 0 Å². The molecule has 0 aromatic heterocycles. The molecule has 0 aliphatic carbocycles. The fraction of sp³-hybridized carbons (Fsp3) is 0.458. The Bertz CT molecular complexity index is 852. The Morgan fingerprint density at radius 1 is 1.13 bits per heavy atom. The van der Waals surface area contributed by atoms with Crippen molar-refractivity contribution in [2.75, 3.05) is 39.5 Å². The smallest absolute Gasteiger partial charge is 0.320 e. The molecule has 0 radical (unpaired) electrons. The number of esters is 1. The zero-order chi connectivity index (χ0) is 21.0. The summed E-state index contributed by atoms with van der Waals surface area (Å²) in [6.07, 6.45) is 0.668. The number of hydrogen-bond donors (Lipinski definition) is 1. The summed E-state index contributed by atoms with van der Waals surface area (Å²) in [5.41, 5.74) is 1.49. The maximum Gasteiger partial charge on any atom is 0.320 e. The van der Waals surface area contributed by atoms with Gasteiger partial charge in [0.1, 0.15) is 11.7 Å². The second kappa shape index (κ2) is 9.27. The summed E-state index contributed by atoms with van der Waals surface area (Å²) in [5.74, 6) is -2.95. The van der Waals surface area contributed by atoms with E-state index < -0.39 is 17.7 Å². The van der Waals surface area contributed by atoms with E-state index in [1.165, 1.54) is 0 Å². The average Bonchev–Trinajstić information content (AvgIpc) is 2.78. The largest absolute Gasteiger partial charge is 0.426 e.